The molecule has 0 spiro atoms. The van der Waals surface area contributed by atoms with Crippen molar-refractivity contribution in [2.75, 3.05) is 40.4 Å². The van der Waals surface area contributed by atoms with Gasteiger partial charge in [-0.25, -0.2) is 17.5 Å². The maximum Gasteiger partial charge on any atom is 0.243 e. The van der Waals surface area contributed by atoms with Crippen LogP contribution in [0.4, 0.5) is 4.39 Å². The van der Waals surface area contributed by atoms with Crippen molar-refractivity contribution < 1.29 is 22.7 Å². The number of ether oxygens (including phenoxy) is 1. The summed E-state index contributed by atoms with van der Waals surface area (Å²) in [6.45, 7) is 1.55. The first-order valence-corrected chi connectivity index (χ1v) is 7.95. The summed E-state index contributed by atoms with van der Waals surface area (Å²) < 4.78 is 45.0. The van der Waals surface area contributed by atoms with Crippen LogP contribution >= 0.6 is 0 Å². The summed E-state index contributed by atoms with van der Waals surface area (Å²) in [5.74, 6) is -0.873. The molecular weight excluding hydrogens is 299 g/mol. The van der Waals surface area contributed by atoms with E-state index in [1.54, 1.807) is 7.11 Å². The van der Waals surface area contributed by atoms with E-state index in [1.165, 1.54) is 6.07 Å². The fraction of sp³-hybridized carbons (Fsp3) is 0.538. The van der Waals surface area contributed by atoms with Crippen LogP contribution in [0.15, 0.2) is 23.1 Å². The molecule has 0 radical (unpaired) electrons. The Labute approximate surface area is 124 Å². The molecule has 6 nitrogen and oxygen atoms in total. The fourth-order valence-corrected chi connectivity index (χ4v) is 2.75. The number of methoxy groups -OCH3 is 1. The van der Waals surface area contributed by atoms with E-state index in [0.717, 1.165) is 12.1 Å². The number of rotatable bonds is 9. The first-order valence-electron chi connectivity index (χ1n) is 6.47. The third-order valence-electron chi connectivity index (χ3n) is 2.93. The molecule has 21 heavy (non-hydrogen) atoms. The average molecular weight is 320 g/mol. The van der Waals surface area contributed by atoms with Gasteiger partial charge >= 0.3 is 0 Å². The van der Waals surface area contributed by atoms with Crippen LogP contribution in [0.5, 0.6) is 0 Å². The van der Waals surface area contributed by atoms with E-state index in [9.17, 15) is 12.8 Å². The molecule has 1 rings (SSSR count). The van der Waals surface area contributed by atoms with Crippen LogP contribution in [0.25, 0.3) is 0 Å². The number of halogens is 1. The molecule has 0 fully saturated rings. The summed E-state index contributed by atoms with van der Waals surface area (Å²) in [7, 11) is -0.467. The van der Waals surface area contributed by atoms with Gasteiger partial charge in [-0.05, 0) is 24.7 Å². The number of benzene rings is 1. The number of aliphatic hydroxyl groups is 1. The van der Waals surface area contributed by atoms with Crippen molar-refractivity contribution in [1.29, 1.82) is 0 Å². The molecule has 1 aromatic carbocycles. The number of nitrogens with zero attached hydrogens (tertiary/aromatic N) is 1. The van der Waals surface area contributed by atoms with Gasteiger partial charge in [0.1, 0.15) is 10.7 Å². The van der Waals surface area contributed by atoms with Crippen LogP contribution in [0.2, 0.25) is 0 Å². The molecule has 0 atom stereocenters. The fourth-order valence-electron chi connectivity index (χ4n) is 1.67. The van der Waals surface area contributed by atoms with E-state index < -0.39 is 20.7 Å². The van der Waals surface area contributed by atoms with E-state index >= 15 is 0 Å². The lowest BCUT2D eigenvalue weighted by atomic mass is 10.2. The topological polar surface area (TPSA) is 78.9 Å². The molecule has 0 saturated heterocycles. The average Bonchev–Trinajstić information content (AvgIpc) is 2.44. The van der Waals surface area contributed by atoms with Gasteiger partial charge in [-0.1, -0.05) is 6.07 Å². The molecular formula is C13H21FN2O4S. The third-order valence-corrected chi connectivity index (χ3v) is 4.43. The van der Waals surface area contributed by atoms with Crippen LogP contribution in [0.3, 0.4) is 0 Å². The Morgan fingerprint density at radius 3 is 2.67 bits per heavy atom. The van der Waals surface area contributed by atoms with E-state index in [0.29, 0.717) is 25.3 Å². The highest BCUT2D eigenvalue weighted by molar-refractivity contribution is 7.89. The van der Waals surface area contributed by atoms with Crippen molar-refractivity contribution in [2.24, 2.45) is 0 Å². The lowest BCUT2D eigenvalue weighted by molar-refractivity contribution is 0.162. The highest BCUT2D eigenvalue weighted by Gasteiger charge is 2.18. The van der Waals surface area contributed by atoms with Gasteiger partial charge in [0.25, 0.3) is 0 Å². The summed E-state index contributed by atoms with van der Waals surface area (Å²) in [5.41, 5.74) is 0.325. The van der Waals surface area contributed by atoms with Gasteiger partial charge in [0.2, 0.25) is 10.0 Å². The van der Waals surface area contributed by atoms with E-state index in [-0.39, 0.29) is 13.2 Å². The smallest absolute Gasteiger partial charge is 0.243 e. The van der Waals surface area contributed by atoms with Crippen molar-refractivity contribution in [3.05, 3.63) is 29.6 Å². The minimum atomic E-state index is -3.90. The maximum absolute atomic E-state index is 13.7. The molecule has 0 aliphatic rings. The first-order chi connectivity index (χ1) is 9.90. The molecule has 0 unspecified atom stereocenters. The largest absolute Gasteiger partial charge is 0.392 e. The standard InChI is InChI=1S/C13H21FN2O4S/c1-16(7-8-20-2)6-5-15-21(18,19)13-4-3-11(10-17)9-12(13)14/h3-4,9,15,17H,5-8,10H2,1-2H3. The Balaban J connectivity index is 2.61. The SMILES string of the molecule is COCCN(C)CCNS(=O)(=O)c1ccc(CO)cc1F. The van der Waals surface area contributed by atoms with E-state index in [2.05, 4.69) is 4.72 Å². The van der Waals surface area contributed by atoms with Crippen LogP contribution < -0.4 is 4.72 Å². The number of likely N-dealkylation sites (N-methyl/N-ethyl adjacent to an activating group) is 1. The normalized spacial score (nSPS) is 12.0. The molecule has 1 aromatic rings. The van der Waals surface area contributed by atoms with Crippen LogP contribution in [0.1, 0.15) is 5.56 Å². The van der Waals surface area contributed by atoms with Crippen LogP contribution in [0, 0.1) is 5.82 Å². The zero-order valence-corrected chi connectivity index (χ0v) is 13.0. The van der Waals surface area contributed by atoms with Gasteiger partial charge in [-0.15, -0.1) is 0 Å². The highest BCUT2D eigenvalue weighted by Crippen LogP contribution is 2.15. The Morgan fingerprint density at radius 2 is 2.10 bits per heavy atom. The second-order valence-electron chi connectivity index (χ2n) is 4.62. The van der Waals surface area contributed by atoms with E-state index in [1.807, 2.05) is 11.9 Å². The number of aliphatic hydroxyl groups excluding tert-OH is 1. The number of hydrogen-bond acceptors (Lipinski definition) is 5. The molecule has 0 heterocycles. The summed E-state index contributed by atoms with van der Waals surface area (Å²) >= 11 is 0. The molecule has 0 aliphatic carbocycles. The first kappa shape index (κ1) is 18.0. The lowest BCUT2D eigenvalue weighted by Crippen LogP contribution is -2.34. The molecule has 0 amide bonds. The summed E-state index contributed by atoms with van der Waals surface area (Å²) in [5, 5.41) is 8.88. The molecule has 2 N–H and O–H groups in total. The Hall–Kier alpha value is -1.06. The predicted octanol–water partition coefficient (Wildman–Crippen LogP) is 0.175. The monoisotopic (exact) mass is 320 g/mol. The predicted molar refractivity (Wildman–Crippen MR) is 76.9 cm³/mol. The lowest BCUT2D eigenvalue weighted by Gasteiger charge is -2.16. The molecule has 0 bridgehead atoms. The zero-order chi connectivity index (χ0) is 15.9. The van der Waals surface area contributed by atoms with Gasteiger partial charge in [0.05, 0.1) is 13.2 Å². The van der Waals surface area contributed by atoms with Gasteiger partial charge in [0.15, 0.2) is 0 Å². The number of sulfonamides is 1. The molecule has 0 aromatic heterocycles. The Kier molecular flexibility index (Phi) is 7.20. The minimum Gasteiger partial charge on any atom is -0.392 e. The highest BCUT2D eigenvalue weighted by atomic mass is 32.2. The molecule has 120 valence electrons. The Morgan fingerprint density at radius 1 is 1.38 bits per heavy atom. The quantitative estimate of drug-likeness (QED) is 0.678. The number of hydrogen-bond donors (Lipinski definition) is 2. The second-order valence-corrected chi connectivity index (χ2v) is 6.35. The van der Waals surface area contributed by atoms with Gasteiger partial charge in [-0.2, -0.15) is 0 Å². The van der Waals surface area contributed by atoms with Crippen LogP contribution in [-0.2, 0) is 21.4 Å². The molecule has 8 heteroatoms. The van der Waals surface area contributed by atoms with E-state index in [4.69, 9.17) is 9.84 Å². The van der Waals surface area contributed by atoms with Crippen molar-refractivity contribution in [2.45, 2.75) is 11.5 Å². The molecule has 0 saturated carbocycles. The molecule has 0 aliphatic heterocycles. The van der Waals surface area contributed by atoms with Gasteiger partial charge < -0.3 is 14.7 Å². The zero-order valence-electron chi connectivity index (χ0n) is 12.2. The van der Waals surface area contributed by atoms with Gasteiger partial charge in [0, 0.05) is 26.7 Å². The van der Waals surface area contributed by atoms with Crippen molar-refractivity contribution in [1.82, 2.24) is 9.62 Å². The van der Waals surface area contributed by atoms with Crippen molar-refractivity contribution >= 4 is 10.0 Å². The summed E-state index contributed by atoms with van der Waals surface area (Å²) in [6, 6.07) is 3.54. The Bertz CT molecular complexity index is 551. The minimum absolute atomic E-state index is 0.170. The number of nitrogens with one attached hydrogen (secondary N) is 1. The van der Waals surface area contributed by atoms with Crippen molar-refractivity contribution in [3.8, 4) is 0 Å². The van der Waals surface area contributed by atoms with Gasteiger partial charge in [-0.3, -0.25) is 0 Å². The second kappa shape index (κ2) is 8.40. The summed E-state index contributed by atoms with van der Waals surface area (Å²) in [6.07, 6.45) is 0. The summed E-state index contributed by atoms with van der Waals surface area (Å²) in [4.78, 5) is 1.48. The maximum atomic E-state index is 13.7. The van der Waals surface area contributed by atoms with Crippen molar-refractivity contribution in [3.63, 3.8) is 0 Å². The third kappa shape index (κ3) is 5.68. The van der Waals surface area contributed by atoms with Crippen LogP contribution in [-0.4, -0.2) is 58.8 Å².